The molecule has 1 fully saturated rings. The quantitative estimate of drug-likeness (QED) is 0.773. The Kier molecular flexibility index (Phi) is 4.46. The van der Waals surface area contributed by atoms with E-state index in [1.807, 2.05) is 35.2 Å². The molecule has 1 aromatic carbocycles. The van der Waals surface area contributed by atoms with E-state index in [1.165, 1.54) is 12.8 Å². The van der Waals surface area contributed by atoms with Gasteiger partial charge in [0.15, 0.2) is 11.5 Å². The van der Waals surface area contributed by atoms with Crippen molar-refractivity contribution in [2.24, 2.45) is 0 Å². The van der Waals surface area contributed by atoms with Crippen molar-refractivity contribution in [2.45, 2.75) is 38.3 Å². The maximum absolute atomic E-state index is 12.8. The van der Waals surface area contributed by atoms with Crippen LogP contribution in [0.25, 0.3) is 6.08 Å². The van der Waals surface area contributed by atoms with Crippen LogP contribution in [0.3, 0.4) is 0 Å². The Morgan fingerprint density at radius 2 is 2.00 bits per heavy atom. The Labute approximate surface area is 146 Å². The van der Waals surface area contributed by atoms with E-state index in [4.69, 9.17) is 13.9 Å². The van der Waals surface area contributed by atoms with Gasteiger partial charge in [0, 0.05) is 18.7 Å². The SMILES string of the molecule is O=C(/C=C/c1ccco1)N(Cc1ccc2c(c1)OCO2)C1CCCC1. The van der Waals surface area contributed by atoms with Gasteiger partial charge >= 0.3 is 0 Å². The fraction of sp³-hybridized carbons (Fsp3) is 0.350. The van der Waals surface area contributed by atoms with E-state index < -0.39 is 0 Å². The van der Waals surface area contributed by atoms with Crippen LogP contribution in [0.1, 0.15) is 37.0 Å². The molecule has 0 saturated heterocycles. The summed E-state index contributed by atoms with van der Waals surface area (Å²) in [6.07, 6.45) is 9.41. The smallest absolute Gasteiger partial charge is 0.247 e. The highest BCUT2D eigenvalue weighted by Crippen LogP contribution is 2.33. The molecule has 5 nitrogen and oxygen atoms in total. The molecule has 2 heterocycles. The van der Waals surface area contributed by atoms with Crippen LogP contribution in [0.2, 0.25) is 0 Å². The fourth-order valence-corrected chi connectivity index (χ4v) is 3.47. The molecule has 1 aliphatic heterocycles. The van der Waals surface area contributed by atoms with Crippen molar-refractivity contribution in [1.82, 2.24) is 4.90 Å². The Morgan fingerprint density at radius 3 is 2.80 bits per heavy atom. The van der Waals surface area contributed by atoms with E-state index in [2.05, 4.69) is 0 Å². The largest absolute Gasteiger partial charge is 0.465 e. The number of nitrogens with zero attached hydrogens (tertiary/aromatic N) is 1. The Morgan fingerprint density at radius 1 is 1.16 bits per heavy atom. The Hall–Kier alpha value is -2.69. The molecule has 0 N–H and O–H groups in total. The number of carbonyl (C=O) groups excluding carboxylic acids is 1. The second kappa shape index (κ2) is 7.05. The van der Waals surface area contributed by atoms with E-state index in [-0.39, 0.29) is 12.7 Å². The lowest BCUT2D eigenvalue weighted by Crippen LogP contribution is -2.37. The average molecular weight is 339 g/mol. The topological polar surface area (TPSA) is 51.9 Å². The minimum absolute atomic E-state index is 0.0148. The van der Waals surface area contributed by atoms with Crippen LogP contribution in [-0.2, 0) is 11.3 Å². The first kappa shape index (κ1) is 15.8. The molecule has 2 aliphatic rings. The number of benzene rings is 1. The van der Waals surface area contributed by atoms with Crippen LogP contribution >= 0.6 is 0 Å². The highest BCUT2D eigenvalue weighted by Gasteiger charge is 2.26. The summed E-state index contributed by atoms with van der Waals surface area (Å²) in [5, 5.41) is 0. The second-order valence-electron chi connectivity index (χ2n) is 6.44. The van der Waals surface area contributed by atoms with Crippen LogP contribution in [0, 0.1) is 0 Å². The van der Waals surface area contributed by atoms with Crippen LogP contribution < -0.4 is 9.47 Å². The van der Waals surface area contributed by atoms with E-state index in [9.17, 15) is 4.79 Å². The van der Waals surface area contributed by atoms with E-state index in [0.717, 1.165) is 29.9 Å². The monoisotopic (exact) mass is 339 g/mol. The zero-order valence-corrected chi connectivity index (χ0v) is 14.0. The third kappa shape index (κ3) is 3.55. The van der Waals surface area contributed by atoms with Gasteiger partial charge < -0.3 is 18.8 Å². The summed E-state index contributed by atoms with van der Waals surface area (Å²) in [5.41, 5.74) is 1.05. The molecule has 5 heteroatoms. The molecule has 1 amide bonds. The number of amides is 1. The molecule has 4 rings (SSSR count). The molecule has 0 unspecified atom stereocenters. The molecule has 1 aliphatic carbocycles. The third-order valence-electron chi connectivity index (χ3n) is 4.77. The van der Waals surface area contributed by atoms with Gasteiger partial charge in [-0.2, -0.15) is 0 Å². The summed E-state index contributed by atoms with van der Waals surface area (Å²) < 4.78 is 16.1. The molecule has 2 aromatic rings. The van der Waals surface area contributed by atoms with E-state index >= 15 is 0 Å². The van der Waals surface area contributed by atoms with Crippen LogP contribution in [0.5, 0.6) is 11.5 Å². The Balaban J connectivity index is 1.52. The summed E-state index contributed by atoms with van der Waals surface area (Å²) in [4.78, 5) is 14.8. The zero-order chi connectivity index (χ0) is 17.1. The van der Waals surface area contributed by atoms with Crippen LogP contribution in [0.4, 0.5) is 0 Å². The first-order chi connectivity index (χ1) is 12.3. The van der Waals surface area contributed by atoms with Gasteiger partial charge in [0.2, 0.25) is 12.7 Å². The van der Waals surface area contributed by atoms with Gasteiger partial charge in [-0.1, -0.05) is 18.9 Å². The molecule has 0 bridgehead atoms. The molecule has 0 atom stereocenters. The van der Waals surface area contributed by atoms with Crippen molar-refractivity contribution in [3.63, 3.8) is 0 Å². The maximum atomic E-state index is 12.8. The molecular weight excluding hydrogens is 318 g/mol. The number of carbonyl (C=O) groups is 1. The summed E-state index contributed by atoms with van der Waals surface area (Å²) in [5.74, 6) is 2.21. The van der Waals surface area contributed by atoms with E-state index in [1.54, 1.807) is 18.4 Å². The van der Waals surface area contributed by atoms with Gasteiger partial charge in [-0.05, 0) is 48.7 Å². The average Bonchev–Trinajstić information content (AvgIpc) is 3.39. The number of hydrogen-bond acceptors (Lipinski definition) is 4. The van der Waals surface area contributed by atoms with Gasteiger partial charge in [-0.25, -0.2) is 0 Å². The number of ether oxygens (including phenoxy) is 2. The first-order valence-corrected chi connectivity index (χ1v) is 8.70. The number of fused-ring (bicyclic) bond motifs is 1. The van der Waals surface area contributed by atoms with Gasteiger partial charge in [-0.15, -0.1) is 0 Å². The molecule has 1 saturated carbocycles. The van der Waals surface area contributed by atoms with Crippen molar-refractivity contribution in [3.05, 3.63) is 54.0 Å². The second-order valence-corrected chi connectivity index (χ2v) is 6.44. The maximum Gasteiger partial charge on any atom is 0.247 e. The summed E-state index contributed by atoms with van der Waals surface area (Å²) in [7, 11) is 0. The molecule has 0 radical (unpaired) electrons. The molecule has 130 valence electrons. The van der Waals surface area contributed by atoms with Crippen LogP contribution in [0.15, 0.2) is 47.1 Å². The van der Waals surface area contributed by atoms with E-state index in [0.29, 0.717) is 18.3 Å². The minimum atomic E-state index is 0.0148. The minimum Gasteiger partial charge on any atom is -0.465 e. The lowest BCUT2D eigenvalue weighted by Gasteiger charge is -2.28. The van der Waals surface area contributed by atoms with Crippen molar-refractivity contribution in [3.8, 4) is 11.5 Å². The first-order valence-electron chi connectivity index (χ1n) is 8.70. The standard InChI is InChI=1S/C20H21NO4/c22-20(10-8-17-6-3-11-23-17)21(16-4-1-2-5-16)13-15-7-9-18-19(12-15)25-14-24-18/h3,6-12,16H,1-2,4-5,13-14H2/b10-8+. The predicted octanol–water partition coefficient (Wildman–Crippen LogP) is 3.99. The highest BCUT2D eigenvalue weighted by molar-refractivity contribution is 5.91. The molecular formula is C20H21NO4. The summed E-state index contributed by atoms with van der Waals surface area (Å²) in [6.45, 7) is 0.832. The molecule has 0 spiro atoms. The number of hydrogen-bond donors (Lipinski definition) is 0. The van der Waals surface area contributed by atoms with Gasteiger partial charge in [-0.3, -0.25) is 4.79 Å². The van der Waals surface area contributed by atoms with Crippen molar-refractivity contribution in [2.75, 3.05) is 6.79 Å². The lowest BCUT2D eigenvalue weighted by molar-refractivity contribution is -0.128. The summed E-state index contributed by atoms with van der Waals surface area (Å²) in [6, 6.07) is 9.81. The number of furan rings is 1. The fourth-order valence-electron chi connectivity index (χ4n) is 3.47. The van der Waals surface area contributed by atoms with Crippen LogP contribution in [-0.4, -0.2) is 23.6 Å². The highest BCUT2D eigenvalue weighted by atomic mass is 16.7. The lowest BCUT2D eigenvalue weighted by atomic mass is 10.1. The molecule has 25 heavy (non-hydrogen) atoms. The van der Waals surface area contributed by atoms with Gasteiger partial charge in [0.25, 0.3) is 0 Å². The number of rotatable bonds is 5. The van der Waals surface area contributed by atoms with Gasteiger partial charge in [0.1, 0.15) is 5.76 Å². The molecule has 1 aromatic heterocycles. The van der Waals surface area contributed by atoms with Gasteiger partial charge in [0.05, 0.1) is 6.26 Å². The van der Waals surface area contributed by atoms with Crippen molar-refractivity contribution < 1.29 is 18.7 Å². The summed E-state index contributed by atoms with van der Waals surface area (Å²) >= 11 is 0. The zero-order valence-electron chi connectivity index (χ0n) is 14.0. The normalized spacial score (nSPS) is 16.6. The van der Waals surface area contributed by atoms with Crippen molar-refractivity contribution >= 4 is 12.0 Å². The predicted molar refractivity (Wildman–Crippen MR) is 93.1 cm³/mol. The third-order valence-corrected chi connectivity index (χ3v) is 4.77. The van der Waals surface area contributed by atoms with Crippen molar-refractivity contribution in [1.29, 1.82) is 0 Å². The Bertz CT molecular complexity index is 760.